The number of halogens is 1. The first-order valence-corrected chi connectivity index (χ1v) is 11.3. The topological polar surface area (TPSA) is 109 Å². The third-order valence-corrected chi connectivity index (χ3v) is 6.40. The summed E-state index contributed by atoms with van der Waals surface area (Å²) in [5, 5.41) is 10.5. The van der Waals surface area contributed by atoms with Gasteiger partial charge in [0.25, 0.3) is 11.8 Å². The molecule has 2 aromatic heterocycles. The molecule has 1 aliphatic rings. The van der Waals surface area contributed by atoms with Crippen LogP contribution in [0.2, 0.25) is 0 Å². The van der Waals surface area contributed by atoms with Gasteiger partial charge in [-0.2, -0.15) is 5.10 Å². The van der Waals surface area contributed by atoms with Crippen LogP contribution in [0.4, 0.5) is 9.18 Å². The van der Waals surface area contributed by atoms with Crippen LogP contribution in [0.15, 0.2) is 67.1 Å². The largest absolute Gasteiger partial charge is 0.342 e. The minimum absolute atomic E-state index is 0.316. The number of urea groups is 1. The Morgan fingerprint density at radius 2 is 1.81 bits per heavy atom. The minimum atomic E-state index is -0.617. The molecule has 36 heavy (non-hydrogen) atoms. The van der Waals surface area contributed by atoms with Gasteiger partial charge in [0.15, 0.2) is 0 Å². The number of hydrogen-bond donors (Lipinski definition) is 2. The lowest BCUT2D eigenvalue weighted by molar-refractivity contribution is 0.0832. The van der Waals surface area contributed by atoms with Gasteiger partial charge >= 0.3 is 6.03 Å². The van der Waals surface area contributed by atoms with Gasteiger partial charge in [0.05, 0.1) is 34.7 Å². The Morgan fingerprint density at radius 1 is 1.06 bits per heavy atom. The number of imide groups is 1. The zero-order chi connectivity index (χ0) is 25.4. The Bertz CT molecular complexity index is 1490. The van der Waals surface area contributed by atoms with E-state index < -0.39 is 17.5 Å². The second-order valence-electron chi connectivity index (χ2n) is 8.69. The summed E-state index contributed by atoms with van der Waals surface area (Å²) in [4.78, 5) is 43.2. The molecule has 5 rings (SSSR count). The van der Waals surface area contributed by atoms with Crippen LogP contribution in [0.5, 0.6) is 0 Å². The highest BCUT2D eigenvalue weighted by Gasteiger charge is 2.46. The zero-order valence-electron chi connectivity index (χ0n) is 19.7. The van der Waals surface area contributed by atoms with Crippen molar-refractivity contribution in [3.8, 4) is 5.69 Å². The van der Waals surface area contributed by atoms with Crippen LogP contribution < -0.4 is 10.6 Å². The summed E-state index contributed by atoms with van der Waals surface area (Å²) in [7, 11) is 2.86. The third-order valence-electron chi connectivity index (χ3n) is 6.40. The molecule has 0 aliphatic heterocycles. The van der Waals surface area contributed by atoms with Gasteiger partial charge in [-0.3, -0.25) is 19.5 Å². The molecule has 9 nitrogen and oxygen atoms in total. The number of amides is 4. The Labute approximate surface area is 205 Å². The second kappa shape index (κ2) is 8.88. The summed E-state index contributed by atoms with van der Waals surface area (Å²) in [5.41, 5.74) is 2.14. The van der Waals surface area contributed by atoms with Crippen LogP contribution in [0.3, 0.4) is 0 Å². The zero-order valence-corrected chi connectivity index (χ0v) is 19.7. The smallest absolute Gasteiger partial charge is 0.323 e. The fraction of sp³-hybridized carbons (Fsp3) is 0.192. The number of carbonyl (C=O) groups is 3. The highest BCUT2D eigenvalue weighted by Crippen LogP contribution is 2.46. The average molecular weight is 487 g/mol. The molecule has 182 valence electrons. The summed E-state index contributed by atoms with van der Waals surface area (Å²) in [5.74, 6) is -1.11. The van der Waals surface area contributed by atoms with Crippen molar-refractivity contribution in [2.75, 3.05) is 14.1 Å². The van der Waals surface area contributed by atoms with Crippen LogP contribution in [-0.4, -0.2) is 51.6 Å². The number of nitrogens with zero attached hydrogens (tertiary/aromatic N) is 4. The lowest BCUT2D eigenvalue weighted by Crippen LogP contribution is -2.39. The van der Waals surface area contributed by atoms with Crippen LogP contribution in [0.1, 0.15) is 39.1 Å². The number of pyridine rings is 1. The van der Waals surface area contributed by atoms with E-state index in [1.165, 1.54) is 32.4 Å². The van der Waals surface area contributed by atoms with Crippen LogP contribution in [-0.2, 0) is 5.54 Å². The van der Waals surface area contributed by atoms with E-state index in [4.69, 9.17) is 0 Å². The first-order valence-electron chi connectivity index (χ1n) is 11.3. The van der Waals surface area contributed by atoms with Crippen molar-refractivity contribution in [1.29, 1.82) is 0 Å². The SMILES string of the molecule is CNC(=O)N(C)C(=O)c1cccc(C2(NC(=O)c3cncc4c3cnn4-c3ccc(F)cc3)CC2)c1. The van der Waals surface area contributed by atoms with Crippen LogP contribution in [0.25, 0.3) is 16.6 Å². The van der Waals surface area contributed by atoms with Crippen molar-refractivity contribution in [3.05, 3.63) is 89.6 Å². The van der Waals surface area contributed by atoms with Crippen molar-refractivity contribution >= 4 is 28.7 Å². The number of carbonyl (C=O) groups excluding carboxylic acids is 3. The maximum atomic E-state index is 13.4. The molecule has 4 aromatic rings. The minimum Gasteiger partial charge on any atom is -0.342 e. The second-order valence-corrected chi connectivity index (χ2v) is 8.69. The first-order chi connectivity index (χ1) is 17.3. The molecule has 2 heterocycles. The van der Waals surface area contributed by atoms with Gasteiger partial charge in [0, 0.05) is 31.2 Å². The van der Waals surface area contributed by atoms with Gasteiger partial charge in [-0.1, -0.05) is 12.1 Å². The molecule has 0 unspecified atom stereocenters. The standard InChI is InChI=1S/C26H23FN6O3/c1-28-25(36)32(2)24(35)16-4-3-5-17(12-16)26(10-11-26)31-23(34)21-13-29-15-22-20(21)14-30-33(22)19-8-6-18(27)7-9-19/h3-9,12-15H,10-11H2,1-2H3,(H,28,36)(H,31,34). The number of benzene rings is 2. The van der Waals surface area contributed by atoms with E-state index >= 15 is 0 Å². The molecular weight excluding hydrogens is 463 g/mol. The van der Waals surface area contributed by atoms with Crippen molar-refractivity contribution < 1.29 is 18.8 Å². The van der Waals surface area contributed by atoms with E-state index in [1.54, 1.807) is 47.4 Å². The predicted octanol–water partition coefficient (Wildman–Crippen LogP) is 3.39. The number of aromatic nitrogens is 3. The van der Waals surface area contributed by atoms with Gasteiger partial charge < -0.3 is 10.6 Å². The molecular formula is C26H23FN6O3. The quantitative estimate of drug-likeness (QED) is 0.450. The number of rotatable bonds is 5. The number of hydrogen-bond acceptors (Lipinski definition) is 5. The predicted molar refractivity (Wildman–Crippen MR) is 130 cm³/mol. The van der Waals surface area contributed by atoms with E-state index in [1.807, 2.05) is 6.07 Å². The van der Waals surface area contributed by atoms with Gasteiger partial charge in [0.1, 0.15) is 5.82 Å². The van der Waals surface area contributed by atoms with Gasteiger partial charge in [-0.05, 0) is 54.8 Å². The van der Waals surface area contributed by atoms with E-state index in [0.29, 0.717) is 40.6 Å². The van der Waals surface area contributed by atoms with Gasteiger partial charge in [-0.25, -0.2) is 13.9 Å². The molecule has 1 fully saturated rings. The third kappa shape index (κ3) is 4.06. The summed E-state index contributed by atoms with van der Waals surface area (Å²) >= 11 is 0. The van der Waals surface area contributed by atoms with Crippen molar-refractivity contribution in [3.63, 3.8) is 0 Å². The Morgan fingerprint density at radius 3 is 2.50 bits per heavy atom. The maximum Gasteiger partial charge on any atom is 0.323 e. The van der Waals surface area contributed by atoms with Crippen LogP contribution in [0, 0.1) is 5.82 Å². The van der Waals surface area contributed by atoms with Crippen molar-refractivity contribution in [2.45, 2.75) is 18.4 Å². The molecule has 1 aliphatic carbocycles. The molecule has 0 spiro atoms. The number of nitrogens with one attached hydrogen (secondary N) is 2. The fourth-order valence-corrected chi connectivity index (χ4v) is 4.21. The maximum absolute atomic E-state index is 13.4. The Balaban J connectivity index is 1.41. The molecule has 2 N–H and O–H groups in total. The summed E-state index contributed by atoms with van der Waals surface area (Å²) in [6.07, 6.45) is 6.10. The van der Waals surface area contributed by atoms with Gasteiger partial charge in [-0.15, -0.1) is 0 Å². The molecule has 1 saturated carbocycles. The molecule has 0 bridgehead atoms. The Kier molecular flexibility index (Phi) is 5.71. The lowest BCUT2D eigenvalue weighted by Gasteiger charge is -2.20. The highest BCUT2D eigenvalue weighted by atomic mass is 19.1. The lowest BCUT2D eigenvalue weighted by atomic mass is 10.0. The fourth-order valence-electron chi connectivity index (χ4n) is 4.21. The molecule has 2 aromatic carbocycles. The molecule has 0 atom stereocenters. The van der Waals surface area contributed by atoms with E-state index in [2.05, 4.69) is 20.7 Å². The van der Waals surface area contributed by atoms with Crippen LogP contribution >= 0.6 is 0 Å². The monoisotopic (exact) mass is 486 g/mol. The summed E-state index contributed by atoms with van der Waals surface area (Å²) in [6, 6.07) is 12.3. The Hall–Kier alpha value is -4.60. The van der Waals surface area contributed by atoms with Crippen molar-refractivity contribution in [1.82, 2.24) is 30.3 Å². The molecule has 4 amide bonds. The summed E-state index contributed by atoms with van der Waals surface area (Å²) in [6.45, 7) is 0. The first kappa shape index (κ1) is 23.2. The van der Waals surface area contributed by atoms with E-state index in [9.17, 15) is 18.8 Å². The highest BCUT2D eigenvalue weighted by molar-refractivity contribution is 6.06. The van der Waals surface area contributed by atoms with Crippen molar-refractivity contribution in [2.24, 2.45) is 0 Å². The van der Waals surface area contributed by atoms with Gasteiger partial charge in [0.2, 0.25) is 0 Å². The molecule has 0 radical (unpaired) electrons. The normalized spacial score (nSPS) is 13.8. The molecule has 0 saturated heterocycles. The number of fused-ring (bicyclic) bond motifs is 1. The van der Waals surface area contributed by atoms with E-state index in [0.717, 1.165) is 10.5 Å². The molecule has 10 heteroatoms. The summed E-state index contributed by atoms with van der Waals surface area (Å²) < 4.78 is 14.9. The van der Waals surface area contributed by atoms with E-state index in [-0.39, 0.29) is 11.7 Å². The average Bonchev–Trinajstić information content (AvgIpc) is 3.56.